The highest BCUT2D eigenvalue weighted by molar-refractivity contribution is 6.30. The van der Waals surface area contributed by atoms with Crippen LogP contribution < -0.4 is 0 Å². The molecule has 0 radical (unpaired) electrons. The lowest BCUT2D eigenvalue weighted by atomic mass is 9.92. The number of nitro groups is 1. The average molecular weight is 306 g/mol. The molecule has 1 N–H and O–H groups in total. The molecule has 0 bridgehead atoms. The minimum Gasteiger partial charge on any atom is -0.388 e. The van der Waals surface area contributed by atoms with Gasteiger partial charge in [0.2, 0.25) is 0 Å². The standard InChI is InChI=1S/C16H16ClNO3/c1-11(12-5-7-15(8-6-12)18(20)21)9-16(19)13-3-2-4-14(17)10-13/h2-8,10-11,16,19H,9H2,1H3/t11?,16-/m1/s1. The number of halogens is 1. The molecule has 0 aliphatic rings. The van der Waals surface area contributed by atoms with Crippen molar-refractivity contribution in [1.82, 2.24) is 0 Å². The summed E-state index contributed by atoms with van der Waals surface area (Å²) in [7, 11) is 0. The molecule has 0 saturated carbocycles. The van der Waals surface area contributed by atoms with Crippen molar-refractivity contribution in [2.24, 2.45) is 0 Å². The van der Waals surface area contributed by atoms with Crippen LogP contribution in [0.5, 0.6) is 0 Å². The largest absolute Gasteiger partial charge is 0.388 e. The molecule has 0 aromatic heterocycles. The maximum absolute atomic E-state index is 10.6. The summed E-state index contributed by atoms with van der Waals surface area (Å²) in [6, 6.07) is 13.6. The summed E-state index contributed by atoms with van der Waals surface area (Å²) in [5.74, 6) is 0.0831. The summed E-state index contributed by atoms with van der Waals surface area (Å²) < 4.78 is 0. The minimum absolute atomic E-state index is 0.0707. The van der Waals surface area contributed by atoms with Crippen molar-refractivity contribution in [3.05, 3.63) is 74.8 Å². The van der Waals surface area contributed by atoms with Gasteiger partial charge in [0.15, 0.2) is 0 Å². The highest BCUT2D eigenvalue weighted by Crippen LogP contribution is 2.29. The van der Waals surface area contributed by atoms with E-state index in [-0.39, 0.29) is 11.6 Å². The monoisotopic (exact) mass is 305 g/mol. The number of rotatable bonds is 5. The number of aliphatic hydroxyl groups excluding tert-OH is 1. The van der Waals surface area contributed by atoms with Crippen LogP contribution in [0.1, 0.15) is 36.5 Å². The molecule has 2 aromatic carbocycles. The van der Waals surface area contributed by atoms with Crippen LogP contribution in [-0.4, -0.2) is 10.0 Å². The quantitative estimate of drug-likeness (QED) is 0.654. The first-order valence-electron chi connectivity index (χ1n) is 6.65. The van der Waals surface area contributed by atoms with Gasteiger partial charge in [-0.15, -0.1) is 0 Å². The smallest absolute Gasteiger partial charge is 0.269 e. The highest BCUT2D eigenvalue weighted by atomic mass is 35.5. The zero-order valence-corrected chi connectivity index (χ0v) is 12.3. The Balaban J connectivity index is 2.06. The lowest BCUT2D eigenvalue weighted by Gasteiger charge is -2.17. The highest BCUT2D eigenvalue weighted by Gasteiger charge is 2.15. The van der Waals surface area contributed by atoms with Gasteiger partial charge in [0.25, 0.3) is 5.69 Å². The summed E-state index contributed by atoms with van der Waals surface area (Å²) in [4.78, 5) is 10.2. The van der Waals surface area contributed by atoms with Gasteiger partial charge in [-0.2, -0.15) is 0 Å². The van der Waals surface area contributed by atoms with Gasteiger partial charge in [0.05, 0.1) is 11.0 Å². The fourth-order valence-corrected chi connectivity index (χ4v) is 2.44. The van der Waals surface area contributed by atoms with Crippen LogP contribution in [0.3, 0.4) is 0 Å². The van der Waals surface area contributed by atoms with E-state index in [2.05, 4.69) is 0 Å². The number of aliphatic hydroxyl groups is 1. The summed E-state index contributed by atoms with van der Waals surface area (Å²) in [5, 5.41) is 21.5. The van der Waals surface area contributed by atoms with Crippen LogP contribution in [0.2, 0.25) is 5.02 Å². The lowest BCUT2D eigenvalue weighted by molar-refractivity contribution is -0.384. The maximum atomic E-state index is 10.6. The Hall–Kier alpha value is -1.91. The van der Waals surface area contributed by atoms with Gasteiger partial charge in [0, 0.05) is 17.2 Å². The number of hydrogen-bond acceptors (Lipinski definition) is 3. The maximum Gasteiger partial charge on any atom is 0.269 e. The summed E-state index contributed by atoms with van der Waals surface area (Å²) in [6.07, 6.45) is -0.0908. The molecular formula is C16H16ClNO3. The molecule has 5 heteroatoms. The van der Waals surface area contributed by atoms with Crippen molar-refractivity contribution in [3.8, 4) is 0 Å². The molecule has 1 unspecified atom stereocenters. The lowest BCUT2D eigenvalue weighted by Crippen LogP contribution is -2.03. The third-order valence-corrected chi connectivity index (χ3v) is 3.72. The molecule has 21 heavy (non-hydrogen) atoms. The molecule has 4 nitrogen and oxygen atoms in total. The predicted molar refractivity (Wildman–Crippen MR) is 82.5 cm³/mol. The van der Waals surface area contributed by atoms with Crippen molar-refractivity contribution < 1.29 is 10.0 Å². The Bertz CT molecular complexity index is 628. The second kappa shape index (κ2) is 6.70. The topological polar surface area (TPSA) is 63.4 Å². The number of nitrogens with zero attached hydrogens (tertiary/aromatic N) is 1. The number of non-ortho nitro benzene ring substituents is 1. The van der Waals surface area contributed by atoms with E-state index in [1.807, 2.05) is 13.0 Å². The van der Waals surface area contributed by atoms with E-state index in [0.29, 0.717) is 11.4 Å². The van der Waals surface area contributed by atoms with Crippen molar-refractivity contribution in [2.45, 2.75) is 25.4 Å². The first kappa shape index (κ1) is 15.5. The Labute approximate surface area is 128 Å². The first-order chi connectivity index (χ1) is 9.97. The van der Waals surface area contributed by atoms with Crippen LogP contribution >= 0.6 is 11.6 Å². The average Bonchev–Trinajstić information content (AvgIpc) is 2.47. The summed E-state index contributed by atoms with van der Waals surface area (Å²) in [6.45, 7) is 1.98. The first-order valence-corrected chi connectivity index (χ1v) is 7.03. The van der Waals surface area contributed by atoms with Crippen LogP contribution in [-0.2, 0) is 0 Å². The minimum atomic E-state index is -0.617. The molecule has 2 atom stereocenters. The Morgan fingerprint density at radius 3 is 2.43 bits per heavy atom. The third kappa shape index (κ3) is 4.03. The van der Waals surface area contributed by atoms with E-state index in [4.69, 9.17) is 11.6 Å². The fraction of sp³-hybridized carbons (Fsp3) is 0.250. The Kier molecular flexibility index (Phi) is 4.94. The number of hydrogen-bond donors (Lipinski definition) is 1. The van der Waals surface area contributed by atoms with Gasteiger partial charge in [-0.1, -0.05) is 42.8 Å². The van der Waals surface area contributed by atoms with Gasteiger partial charge in [0.1, 0.15) is 0 Å². The second-order valence-corrected chi connectivity index (χ2v) is 5.49. The summed E-state index contributed by atoms with van der Waals surface area (Å²) >= 11 is 5.91. The van der Waals surface area contributed by atoms with Crippen LogP contribution in [0, 0.1) is 10.1 Å². The zero-order chi connectivity index (χ0) is 15.4. The SMILES string of the molecule is CC(C[C@@H](O)c1cccc(Cl)c1)c1ccc([N+](=O)[O-])cc1. The fourth-order valence-electron chi connectivity index (χ4n) is 2.25. The van der Waals surface area contributed by atoms with E-state index >= 15 is 0 Å². The van der Waals surface area contributed by atoms with E-state index in [1.54, 1.807) is 30.3 Å². The molecule has 0 saturated heterocycles. The molecule has 2 rings (SSSR count). The molecule has 0 fully saturated rings. The normalized spacial score (nSPS) is 13.7. The van der Waals surface area contributed by atoms with Gasteiger partial charge in [-0.3, -0.25) is 10.1 Å². The predicted octanol–water partition coefficient (Wildman–Crippen LogP) is 4.48. The van der Waals surface area contributed by atoms with E-state index in [0.717, 1.165) is 11.1 Å². The number of benzene rings is 2. The number of nitro benzene ring substituents is 1. The molecule has 0 heterocycles. The zero-order valence-electron chi connectivity index (χ0n) is 11.6. The summed E-state index contributed by atoms with van der Waals surface area (Å²) in [5.41, 5.74) is 1.80. The van der Waals surface area contributed by atoms with E-state index in [9.17, 15) is 15.2 Å². The van der Waals surface area contributed by atoms with Gasteiger partial charge in [-0.05, 0) is 35.6 Å². The third-order valence-electron chi connectivity index (χ3n) is 3.48. The van der Waals surface area contributed by atoms with Crippen LogP contribution in [0.4, 0.5) is 5.69 Å². The van der Waals surface area contributed by atoms with Gasteiger partial charge < -0.3 is 5.11 Å². The van der Waals surface area contributed by atoms with Crippen molar-refractivity contribution in [2.75, 3.05) is 0 Å². The molecule has 0 aliphatic carbocycles. The Morgan fingerprint density at radius 1 is 1.19 bits per heavy atom. The molecule has 110 valence electrons. The van der Waals surface area contributed by atoms with Crippen molar-refractivity contribution >= 4 is 17.3 Å². The van der Waals surface area contributed by atoms with E-state index in [1.165, 1.54) is 12.1 Å². The second-order valence-electron chi connectivity index (χ2n) is 5.06. The molecule has 0 amide bonds. The van der Waals surface area contributed by atoms with Gasteiger partial charge >= 0.3 is 0 Å². The van der Waals surface area contributed by atoms with Crippen molar-refractivity contribution in [1.29, 1.82) is 0 Å². The van der Waals surface area contributed by atoms with Crippen LogP contribution in [0.25, 0.3) is 0 Å². The molecule has 0 spiro atoms. The van der Waals surface area contributed by atoms with Gasteiger partial charge in [-0.25, -0.2) is 0 Å². The molecule has 0 aliphatic heterocycles. The van der Waals surface area contributed by atoms with E-state index < -0.39 is 11.0 Å². The van der Waals surface area contributed by atoms with Crippen LogP contribution in [0.15, 0.2) is 48.5 Å². The molecular weight excluding hydrogens is 290 g/mol. The van der Waals surface area contributed by atoms with Crippen molar-refractivity contribution in [3.63, 3.8) is 0 Å². The molecule has 2 aromatic rings. The Morgan fingerprint density at radius 2 is 1.86 bits per heavy atom.